The fraction of sp³-hybridized carbons (Fsp3) is 0.467. The van der Waals surface area contributed by atoms with E-state index >= 15 is 8.78 Å². The quantitative estimate of drug-likeness (QED) is 0.398. The minimum atomic E-state index is -0.786. The molecule has 2 aliphatic heterocycles. The number of halogens is 2. The van der Waals surface area contributed by atoms with Crippen LogP contribution in [0, 0.1) is 11.6 Å². The molecule has 12 nitrogen and oxygen atoms in total. The van der Waals surface area contributed by atoms with E-state index in [2.05, 4.69) is 10.6 Å². The van der Waals surface area contributed by atoms with Crippen LogP contribution in [-0.4, -0.2) is 74.0 Å². The summed E-state index contributed by atoms with van der Waals surface area (Å²) < 4.78 is 51.3. The van der Waals surface area contributed by atoms with Gasteiger partial charge < -0.3 is 29.6 Å². The van der Waals surface area contributed by atoms with Crippen molar-refractivity contribution >= 4 is 35.7 Å². The molecular weight excluding hydrogens is 582 g/mol. The Hall–Kier alpha value is -4.62. The molecule has 2 aliphatic rings. The van der Waals surface area contributed by atoms with Gasteiger partial charge in [0.15, 0.2) is 0 Å². The summed E-state index contributed by atoms with van der Waals surface area (Å²) in [6.45, 7) is 10.4. The fourth-order valence-electron chi connectivity index (χ4n) is 4.48. The van der Waals surface area contributed by atoms with Gasteiger partial charge in [0.25, 0.3) is 0 Å². The largest absolute Gasteiger partial charge is 0.444 e. The van der Waals surface area contributed by atoms with Crippen LogP contribution in [0.1, 0.15) is 41.5 Å². The van der Waals surface area contributed by atoms with Gasteiger partial charge in [-0.3, -0.25) is 9.80 Å². The first-order valence-corrected chi connectivity index (χ1v) is 14.0. The lowest BCUT2D eigenvalue weighted by Gasteiger charge is -2.20. The maximum atomic E-state index is 15.2. The Balaban J connectivity index is 1.38. The molecule has 2 aromatic carbocycles. The zero-order valence-corrected chi connectivity index (χ0v) is 25.4. The Morgan fingerprint density at radius 2 is 1.11 bits per heavy atom. The van der Waals surface area contributed by atoms with Crippen LogP contribution in [0.5, 0.6) is 0 Å². The Morgan fingerprint density at radius 1 is 0.750 bits per heavy atom. The van der Waals surface area contributed by atoms with Crippen molar-refractivity contribution in [2.45, 2.75) is 65.0 Å². The number of alkyl carbamates (subject to hydrolysis) is 2. The molecule has 4 amide bonds. The van der Waals surface area contributed by atoms with E-state index in [1.165, 1.54) is 34.1 Å². The summed E-state index contributed by atoms with van der Waals surface area (Å²) in [5.41, 5.74) is -1.11. The molecule has 2 atom stereocenters. The van der Waals surface area contributed by atoms with Crippen LogP contribution in [0.15, 0.2) is 36.4 Å². The molecule has 44 heavy (non-hydrogen) atoms. The number of benzene rings is 2. The van der Waals surface area contributed by atoms with Crippen molar-refractivity contribution in [2.75, 3.05) is 36.0 Å². The lowest BCUT2D eigenvalue weighted by atomic mass is 10.0. The van der Waals surface area contributed by atoms with Gasteiger partial charge in [0.1, 0.15) is 35.0 Å². The number of anilines is 2. The molecule has 0 aromatic heterocycles. The normalized spacial score (nSPS) is 18.5. The topological polar surface area (TPSA) is 136 Å². The highest BCUT2D eigenvalue weighted by atomic mass is 19.1. The van der Waals surface area contributed by atoms with E-state index in [-0.39, 0.29) is 48.7 Å². The number of nitrogens with one attached hydrogen (secondary N) is 2. The number of ether oxygens (including phenoxy) is 4. The highest BCUT2D eigenvalue weighted by Gasteiger charge is 2.35. The van der Waals surface area contributed by atoms with Crippen LogP contribution >= 0.6 is 0 Å². The summed E-state index contributed by atoms with van der Waals surface area (Å²) in [5, 5.41) is 5.07. The number of hydrogen-bond acceptors (Lipinski definition) is 8. The molecule has 0 aliphatic carbocycles. The SMILES string of the molecule is CC(C)(C)OC(=O)NC[C@H]1CN(c2ccc(-c3ccc(N4C[C@H](CNC(=O)OC(C)(C)C)OC4=O)cc3F)c(F)c2)C(=O)O1. The third-order valence-electron chi connectivity index (χ3n) is 6.31. The molecule has 2 N–H and O–H groups in total. The molecule has 0 spiro atoms. The van der Waals surface area contributed by atoms with Gasteiger partial charge in [0, 0.05) is 11.1 Å². The molecule has 2 fully saturated rings. The Bertz CT molecular complexity index is 1330. The molecule has 4 rings (SSSR count). The second-order valence-electron chi connectivity index (χ2n) is 12.3. The number of hydrogen-bond donors (Lipinski definition) is 2. The van der Waals surface area contributed by atoms with Gasteiger partial charge in [-0.25, -0.2) is 28.0 Å². The van der Waals surface area contributed by atoms with Crippen molar-refractivity contribution in [3.63, 3.8) is 0 Å². The van der Waals surface area contributed by atoms with Crippen LogP contribution < -0.4 is 20.4 Å². The molecule has 2 heterocycles. The number of cyclic esters (lactones) is 2. The molecule has 0 unspecified atom stereocenters. The van der Waals surface area contributed by atoms with Crippen LogP contribution in [-0.2, 0) is 18.9 Å². The van der Waals surface area contributed by atoms with Gasteiger partial charge in [0.05, 0.1) is 37.6 Å². The predicted molar refractivity (Wildman–Crippen MR) is 155 cm³/mol. The first-order valence-electron chi connectivity index (χ1n) is 14.0. The van der Waals surface area contributed by atoms with Crippen LogP contribution in [0.2, 0.25) is 0 Å². The number of rotatable bonds is 7. The molecule has 238 valence electrons. The highest BCUT2D eigenvalue weighted by Crippen LogP contribution is 2.33. The van der Waals surface area contributed by atoms with Crippen LogP contribution in [0.4, 0.5) is 39.3 Å². The zero-order chi connectivity index (χ0) is 32.4. The van der Waals surface area contributed by atoms with Crippen molar-refractivity contribution in [2.24, 2.45) is 0 Å². The second-order valence-corrected chi connectivity index (χ2v) is 12.3. The third kappa shape index (κ3) is 8.26. The average molecular weight is 619 g/mol. The number of carbonyl (C=O) groups excluding carboxylic acids is 4. The van der Waals surface area contributed by atoms with Gasteiger partial charge in [-0.1, -0.05) is 0 Å². The lowest BCUT2D eigenvalue weighted by molar-refractivity contribution is 0.0488. The standard InChI is InChI=1S/C30H36F2N4O8/c1-29(2,3)43-25(37)33-13-19-15-35(27(39)41-19)17-7-9-21(23(31)11-17)22-10-8-18(12-24(22)32)36-16-20(42-28(36)40)14-34-26(38)44-30(4,5)6/h7-12,19-20H,13-16H2,1-6H3,(H,33,37)(H,34,38)/t19-,20-/m0/s1. The van der Waals surface area contributed by atoms with E-state index in [1.807, 2.05) is 0 Å². The van der Waals surface area contributed by atoms with E-state index in [9.17, 15) is 19.2 Å². The van der Waals surface area contributed by atoms with Crippen molar-refractivity contribution in [3.8, 4) is 11.1 Å². The average Bonchev–Trinajstić information content (AvgIpc) is 3.46. The monoisotopic (exact) mass is 618 g/mol. The highest BCUT2D eigenvalue weighted by molar-refractivity contribution is 5.91. The van der Waals surface area contributed by atoms with Gasteiger partial charge in [-0.2, -0.15) is 0 Å². The van der Waals surface area contributed by atoms with Crippen molar-refractivity contribution < 1.29 is 46.9 Å². The first kappa shape index (κ1) is 32.3. The van der Waals surface area contributed by atoms with Crippen LogP contribution in [0.3, 0.4) is 0 Å². The lowest BCUT2D eigenvalue weighted by Crippen LogP contribution is -2.38. The molecule has 2 saturated heterocycles. The summed E-state index contributed by atoms with van der Waals surface area (Å²) in [7, 11) is 0. The minimum absolute atomic E-state index is 0.000833. The molecule has 2 aromatic rings. The zero-order valence-electron chi connectivity index (χ0n) is 25.4. The Labute approximate surface area is 253 Å². The fourth-order valence-corrected chi connectivity index (χ4v) is 4.48. The summed E-state index contributed by atoms with van der Waals surface area (Å²) in [6.07, 6.45) is -4.14. The molecule has 14 heteroatoms. The number of nitrogens with zero attached hydrogens (tertiary/aromatic N) is 2. The van der Waals surface area contributed by atoms with Gasteiger partial charge in [0.2, 0.25) is 0 Å². The van der Waals surface area contributed by atoms with Crippen molar-refractivity contribution in [1.29, 1.82) is 0 Å². The number of carbonyl (C=O) groups is 4. The Morgan fingerprint density at radius 3 is 1.43 bits per heavy atom. The summed E-state index contributed by atoms with van der Waals surface area (Å²) >= 11 is 0. The van der Waals surface area contributed by atoms with Gasteiger partial charge >= 0.3 is 24.4 Å². The predicted octanol–water partition coefficient (Wildman–Crippen LogP) is 5.33. The molecular formula is C30H36F2N4O8. The molecule has 0 radical (unpaired) electrons. The Kier molecular flexibility index (Phi) is 9.21. The van der Waals surface area contributed by atoms with Crippen LogP contribution in [0.25, 0.3) is 11.1 Å². The smallest absolute Gasteiger partial charge is 0.414 e. The second kappa shape index (κ2) is 12.5. The molecule has 0 saturated carbocycles. The van der Waals surface area contributed by atoms with E-state index in [4.69, 9.17) is 18.9 Å². The summed E-state index contributed by atoms with van der Waals surface area (Å²) in [4.78, 5) is 51.1. The maximum absolute atomic E-state index is 15.2. The van der Waals surface area contributed by atoms with Gasteiger partial charge in [-0.05, 0) is 77.9 Å². The van der Waals surface area contributed by atoms with E-state index in [1.54, 1.807) is 41.5 Å². The third-order valence-corrected chi connectivity index (χ3v) is 6.31. The number of amides is 4. The van der Waals surface area contributed by atoms with E-state index in [0.29, 0.717) is 0 Å². The van der Waals surface area contributed by atoms with E-state index < -0.39 is 59.4 Å². The summed E-state index contributed by atoms with van der Waals surface area (Å²) in [5.74, 6) is -1.57. The maximum Gasteiger partial charge on any atom is 0.414 e. The van der Waals surface area contributed by atoms with Crippen molar-refractivity contribution in [1.82, 2.24) is 10.6 Å². The van der Waals surface area contributed by atoms with E-state index in [0.717, 1.165) is 12.1 Å². The molecule has 0 bridgehead atoms. The van der Waals surface area contributed by atoms with Gasteiger partial charge in [-0.15, -0.1) is 0 Å². The van der Waals surface area contributed by atoms with Crippen molar-refractivity contribution in [3.05, 3.63) is 48.0 Å². The summed E-state index contributed by atoms with van der Waals surface area (Å²) in [6, 6.07) is 7.77. The minimum Gasteiger partial charge on any atom is -0.444 e. The first-order chi connectivity index (χ1) is 20.5.